The first kappa shape index (κ1) is 18.2. The Labute approximate surface area is 161 Å². The molecule has 2 aromatic carbocycles. The molecule has 0 aliphatic carbocycles. The van der Waals surface area contributed by atoms with Crippen LogP contribution in [0.1, 0.15) is 5.56 Å². The van der Waals surface area contributed by atoms with Crippen LogP contribution in [0.2, 0.25) is 0 Å². The smallest absolute Gasteiger partial charge is 0.266 e. The Morgan fingerprint density at radius 2 is 1.88 bits per heavy atom. The fourth-order valence-corrected chi connectivity index (χ4v) is 3.61. The highest BCUT2D eigenvalue weighted by atomic mass is 32.2. The van der Waals surface area contributed by atoms with Crippen LogP contribution in [0.3, 0.4) is 0 Å². The second-order valence-corrected chi connectivity index (χ2v) is 7.13. The molecule has 2 amide bonds. The van der Waals surface area contributed by atoms with E-state index in [2.05, 4.69) is 5.32 Å². The number of carbonyl (C=O) groups excluding carboxylic acids is 2. The Hall–Kier alpha value is -2.64. The third kappa shape index (κ3) is 4.30. The van der Waals surface area contributed by atoms with Gasteiger partial charge in [0.05, 0.1) is 12.0 Å². The third-order valence-corrected chi connectivity index (χ3v) is 5.02. The van der Waals surface area contributed by atoms with Crippen LogP contribution in [0.4, 0.5) is 5.69 Å². The van der Waals surface area contributed by atoms with Crippen molar-refractivity contribution in [2.45, 2.75) is 0 Å². The zero-order valence-electron chi connectivity index (χ0n) is 14.0. The average molecular weight is 384 g/mol. The van der Waals surface area contributed by atoms with E-state index < -0.39 is 0 Å². The Morgan fingerprint density at radius 1 is 1.19 bits per heavy atom. The number of thioether (sulfide) groups is 1. The number of nitrogens with one attached hydrogen (secondary N) is 1. The Bertz CT molecular complexity index is 864. The molecule has 132 valence electrons. The van der Waals surface area contributed by atoms with Gasteiger partial charge in [0.25, 0.3) is 5.91 Å². The molecular formula is C19H16N2O3S2. The predicted molar refractivity (Wildman–Crippen MR) is 108 cm³/mol. The standard InChI is InChI=1S/C19H16N2O3S2/c1-24-15-9-7-13(8-10-15)11-16-18(23)21(19(25)26-16)12-17(22)20-14-5-3-2-4-6-14/h2-11H,12H2,1H3,(H,20,22). The number of methoxy groups -OCH3 is 1. The van der Waals surface area contributed by atoms with Crippen LogP contribution in [0, 0.1) is 0 Å². The van der Waals surface area contributed by atoms with Gasteiger partial charge in [-0.25, -0.2) is 0 Å². The molecule has 0 bridgehead atoms. The van der Waals surface area contributed by atoms with Crippen molar-refractivity contribution in [2.75, 3.05) is 19.0 Å². The molecule has 0 atom stereocenters. The van der Waals surface area contributed by atoms with Crippen LogP contribution in [0.15, 0.2) is 59.5 Å². The Morgan fingerprint density at radius 3 is 2.54 bits per heavy atom. The van der Waals surface area contributed by atoms with Gasteiger partial charge in [0, 0.05) is 5.69 Å². The number of anilines is 1. The van der Waals surface area contributed by atoms with Gasteiger partial charge in [-0.3, -0.25) is 14.5 Å². The number of amides is 2. The minimum absolute atomic E-state index is 0.112. The van der Waals surface area contributed by atoms with Gasteiger partial charge in [0.1, 0.15) is 16.6 Å². The van der Waals surface area contributed by atoms with Crippen molar-refractivity contribution < 1.29 is 14.3 Å². The van der Waals surface area contributed by atoms with E-state index in [1.54, 1.807) is 25.3 Å². The summed E-state index contributed by atoms with van der Waals surface area (Å²) < 4.78 is 5.49. The molecule has 5 nitrogen and oxygen atoms in total. The van der Waals surface area contributed by atoms with Crippen molar-refractivity contribution in [2.24, 2.45) is 0 Å². The summed E-state index contributed by atoms with van der Waals surface area (Å²) in [5.41, 5.74) is 1.54. The van der Waals surface area contributed by atoms with Gasteiger partial charge in [-0.1, -0.05) is 54.3 Å². The molecule has 1 fully saturated rings. The van der Waals surface area contributed by atoms with E-state index in [0.29, 0.717) is 14.9 Å². The van der Waals surface area contributed by atoms with Gasteiger partial charge in [-0.15, -0.1) is 0 Å². The number of para-hydroxylation sites is 1. The lowest BCUT2D eigenvalue weighted by Crippen LogP contribution is -2.36. The Balaban J connectivity index is 1.68. The Kier molecular flexibility index (Phi) is 5.70. The second kappa shape index (κ2) is 8.16. The van der Waals surface area contributed by atoms with E-state index in [-0.39, 0.29) is 18.4 Å². The lowest BCUT2D eigenvalue weighted by atomic mass is 10.2. The molecule has 0 aromatic heterocycles. The zero-order chi connectivity index (χ0) is 18.5. The maximum absolute atomic E-state index is 12.6. The summed E-state index contributed by atoms with van der Waals surface area (Å²) in [6.45, 7) is -0.112. The topological polar surface area (TPSA) is 58.6 Å². The first-order chi connectivity index (χ1) is 12.6. The summed E-state index contributed by atoms with van der Waals surface area (Å²) in [4.78, 5) is 26.6. The fourth-order valence-electron chi connectivity index (χ4n) is 2.35. The molecule has 3 rings (SSSR count). The van der Waals surface area contributed by atoms with E-state index in [1.807, 2.05) is 42.5 Å². The first-order valence-corrected chi connectivity index (χ1v) is 9.03. The van der Waals surface area contributed by atoms with E-state index >= 15 is 0 Å². The highest BCUT2D eigenvalue weighted by molar-refractivity contribution is 8.26. The van der Waals surface area contributed by atoms with Gasteiger partial charge < -0.3 is 10.1 Å². The van der Waals surface area contributed by atoms with Crippen LogP contribution in [-0.2, 0) is 9.59 Å². The monoisotopic (exact) mass is 384 g/mol. The van der Waals surface area contributed by atoms with E-state index in [0.717, 1.165) is 11.3 Å². The molecule has 1 heterocycles. The minimum Gasteiger partial charge on any atom is -0.497 e. The summed E-state index contributed by atoms with van der Waals surface area (Å²) in [5.74, 6) is 0.185. The van der Waals surface area contributed by atoms with Crippen LogP contribution in [0.5, 0.6) is 5.75 Å². The number of hydrogen-bond acceptors (Lipinski definition) is 5. The van der Waals surface area contributed by atoms with Crippen molar-refractivity contribution in [3.8, 4) is 5.75 Å². The van der Waals surface area contributed by atoms with Crippen molar-refractivity contribution in [1.29, 1.82) is 0 Å². The third-order valence-electron chi connectivity index (χ3n) is 3.65. The summed E-state index contributed by atoms with van der Waals surface area (Å²) in [7, 11) is 1.60. The highest BCUT2D eigenvalue weighted by Crippen LogP contribution is 2.32. The van der Waals surface area contributed by atoms with Gasteiger partial charge in [0.15, 0.2) is 0 Å². The van der Waals surface area contributed by atoms with Gasteiger partial charge in [-0.05, 0) is 35.9 Å². The summed E-state index contributed by atoms with van der Waals surface area (Å²) in [6.07, 6.45) is 1.76. The molecule has 1 aliphatic rings. The van der Waals surface area contributed by atoms with Crippen molar-refractivity contribution in [3.05, 3.63) is 65.1 Å². The lowest BCUT2D eigenvalue weighted by Gasteiger charge is -2.14. The van der Waals surface area contributed by atoms with Crippen LogP contribution in [0.25, 0.3) is 6.08 Å². The number of nitrogens with zero attached hydrogens (tertiary/aromatic N) is 1. The molecule has 1 aliphatic heterocycles. The summed E-state index contributed by atoms with van der Waals surface area (Å²) in [6, 6.07) is 16.4. The zero-order valence-corrected chi connectivity index (χ0v) is 15.6. The van der Waals surface area contributed by atoms with Gasteiger partial charge >= 0.3 is 0 Å². The summed E-state index contributed by atoms with van der Waals surface area (Å²) in [5, 5.41) is 2.75. The number of rotatable bonds is 5. The number of benzene rings is 2. The van der Waals surface area contributed by atoms with Crippen LogP contribution < -0.4 is 10.1 Å². The quantitative estimate of drug-likeness (QED) is 0.631. The SMILES string of the molecule is COc1ccc(C=C2SC(=S)N(CC(=O)Nc3ccccc3)C2=O)cc1. The molecule has 0 radical (unpaired) electrons. The average Bonchev–Trinajstić information content (AvgIpc) is 2.90. The number of carbonyl (C=O) groups is 2. The second-order valence-electron chi connectivity index (χ2n) is 5.46. The largest absolute Gasteiger partial charge is 0.497 e. The lowest BCUT2D eigenvalue weighted by molar-refractivity contribution is -0.126. The molecular weight excluding hydrogens is 368 g/mol. The summed E-state index contributed by atoms with van der Waals surface area (Å²) >= 11 is 6.45. The molecule has 7 heteroatoms. The fraction of sp³-hybridized carbons (Fsp3) is 0.105. The molecule has 2 aromatic rings. The van der Waals surface area contributed by atoms with Gasteiger partial charge in [-0.2, -0.15) is 0 Å². The van der Waals surface area contributed by atoms with E-state index in [1.165, 1.54) is 16.7 Å². The minimum atomic E-state index is -0.293. The molecule has 0 saturated carbocycles. The number of hydrogen-bond donors (Lipinski definition) is 1. The predicted octanol–water partition coefficient (Wildman–Crippen LogP) is 3.54. The normalized spacial score (nSPS) is 15.4. The maximum atomic E-state index is 12.6. The van der Waals surface area contributed by atoms with Crippen LogP contribution >= 0.6 is 24.0 Å². The maximum Gasteiger partial charge on any atom is 0.266 e. The van der Waals surface area contributed by atoms with Crippen molar-refractivity contribution in [3.63, 3.8) is 0 Å². The first-order valence-electron chi connectivity index (χ1n) is 7.81. The molecule has 0 spiro atoms. The molecule has 0 unspecified atom stereocenters. The molecule has 26 heavy (non-hydrogen) atoms. The van der Waals surface area contributed by atoms with Crippen molar-refractivity contribution >= 4 is 51.9 Å². The number of ether oxygens (including phenoxy) is 1. The number of thiocarbonyl (C=S) groups is 1. The van der Waals surface area contributed by atoms with Crippen molar-refractivity contribution in [1.82, 2.24) is 4.90 Å². The van der Waals surface area contributed by atoms with Gasteiger partial charge in [0.2, 0.25) is 5.91 Å². The van der Waals surface area contributed by atoms with E-state index in [9.17, 15) is 9.59 Å². The molecule has 1 saturated heterocycles. The highest BCUT2D eigenvalue weighted by Gasteiger charge is 2.33. The van der Waals surface area contributed by atoms with Crippen LogP contribution in [-0.4, -0.2) is 34.7 Å². The van der Waals surface area contributed by atoms with E-state index in [4.69, 9.17) is 17.0 Å². The molecule has 1 N–H and O–H groups in total.